The quantitative estimate of drug-likeness (QED) is 0.285. The molecule has 0 aromatic heterocycles. The minimum atomic E-state index is -3.60. The Morgan fingerprint density at radius 1 is 0.927 bits per heavy atom. The van der Waals surface area contributed by atoms with Crippen LogP contribution < -0.4 is 9.62 Å². The Morgan fingerprint density at radius 3 is 2.24 bits per heavy atom. The van der Waals surface area contributed by atoms with Crippen LogP contribution in [0.25, 0.3) is 0 Å². The molecule has 220 valence electrons. The fourth-order valence-corrected chi connectivity index (χ4v) is 5.71. The first-order valence-electron chi connectivity index (χ1n) is 13.9. The first-order chi connectivity index (χ1) is 19.5. The van der Waals surface area contributed by atoms with Gasteiger partial charge in [-0.25, -0.2) is 12.8 Å². The lowest BCUT2D eigenvalue weighted by Gasteiger charge is -2.32. The third kappa shape index (κ3) is 9.14. The number of carbonyl (C=O) groups is 2. The summed E-state index contributed by atoms with van der Waals surface area (Å²) < 4.78 is 40.4. The maximum absolute atomic E-state index is 13.8. The molecule has 7 nitrogen and oxygen atoms in total. The molecule has 3 aromatic carbocycles. The number of sulfonamides is 1. The van der Waals surface area contributed by atoms with Gasteiger partial charge in [-0.15, -0.1) is 0 Å². The molecule has 3 rings (SSSR count). The molecule has 41 heavy (non-hydrogen) atoms. The standard InChI is InChI=1S/C32H40FN3O4S/c1-5-20-34-32(38)30(22-26-12-7-6-8-13-26)35(23-27-16-18-28(33)19-17-27)31(37)15-10-21-36(41(4,39)40)29-14-9-11-24(2)25(29)3/h6-9,11-14,16-19,30H,5,10,15,20-23H2,1-4H3,(H,34,38). The van der Waals surface area contributed by atoms with Crippen LogP contribution in [-0.2, 0) is 32.6 Å². The fourth-order valence-electron chi connectivity index (χ4n) is 4.69. The Kier molecular flexibility index (Phi) is 11.5. The molecule has 0 heterocycles. The zero-order valence-corrected chi connectivity index (χ0v) is 25.1. The second kappa shape index (κ2) is 14.8. The second-order valence-corrected chi connectivity index (χ2v) is 12.2. The van der Waals surface area contributed by atoms with E-state index < -0.39 is 16.1 Å². The maximum Gasteiger partial charge on any atom is 0.243 e. The molecule has 1 atom stereocenters. The van der Waals surface area contributed by atoms with Gasteiger partial charge >= 0.3 is 0 Å². The third-order valence-corrected chi connectivity index (χ3v) is 8.26. The van der Waals surface area contributed by atoms with Crippen molar-refractivity contribution in [2.75, 3.05) is 23.7 Å². The van der Waals surface area contributed by atoms with Crippen molar-refractivity contribution in [3.05, 3.63) is 101 Å². The number of hydrogen-bond donors (Lipinski definition) is 1. The van der Waals surface area contributed by atoms with E-state index in [2.05, 4.69) is 5.32 Å². The van der Waals surface area contributed by atoms with E-state index in [1.165, 1.54) is 21.3 Å². The van der Waals surface area contributed by atoms with Crippen LogP contribution in [0.2, 0.25) is 0 Å². The average molecular weight is 582 g/mol. The van der Waals surface area contributed by atoms with Crippen LogP contribution in [0.4, 0.5) is 10.1 Å². The molecule has 0 spiro atoms. The summed E-state index contributed by atoms with van der Waals surface area (Å²) in [5.41, 5.74) is 4.01. The molecule has 0 fully saturated rings. The van der Waals surface area contributed by atoms with Crippen molar-refractivity contribution in [2.24, 2.45) is 0 Å². The van der Waals surface area contributed by atoms with Crippen molar-refractivity contribution in [1.29, 1.82) is 0 Å². The SMILES string of the molecule is CCCNC(=O)C(Cc1ccccc1)N(Cc1ccc(F)cc1)C(=O)CCCN(c1cccc(C)c1C)S(C)(=O)=O. The lowest BCUT2D eigenvalue weighted by Crippen LogP contribution is -2.50. The van der Waals surface area contributed by atoms with Gasteiger partial charge in [0.1, 0.15) is 11.9 Å². The number of hydrogen-bond acceptors (Lipinski definition) is 4. The number of aryl methyl sites for hydroxylation is 1. The Labute approximate surface area is 243 Å². The van der Waals surface area contributed by atoms with Gasteiger partial charge in [-0.2, -0.15) is 0 Å². The zero-order chi connectivity index (χ0) is 30.0. The van der Waals surface area contributed by atoms with Gasteiger partial charge in [0, 0.05) is 32.5 Å². The Hall–Kier alpha value is -3.72. The Balaban J connectivity index is 1.88. The van der Waals surface area contributed by atoms with Crippen molar-refractivity contribution in [2.45, 2.75) is 59.0 Å². The van der Waals surface area contributed by atoms with Gasteiger partial charge < -0.3 is 10.2 Å². The topological polar surface area (TPSA) is 86.8 Å². The number of amides is 2. The summed E-state index contributed by atoms with van der Waals surface area (Å²) in [4.78, 5) is 28.8. The van der Waals surface area contributed by atoms with Crippen LogP contribution in [0.1, 0.15) is 48.4 Å². The van der Waals surface area contributed by atoms with E-state index >= 15 is 0 Å². The smallest absolute Gasteiger partial charge is 0.243 e. The van der Waals surface area contributed by atoms with Gasteiger partial charge in [0.2, 0.25) is 21.8 Å². The van der Waals surface area contributed by atoms with Crippen LogP contribution >= 0.6 is 0 Å². The highest BCUT2D eigenvalue weighted by Crippen LogP contribution is 2.26. The van der Waals surface area contributed by atoms with Crippen LogP contribution in [0, 0.1) is 19.7 Å². The number of anilines is 1. The molecule has 0 saturated carbocycles. The molecule has 9 heteroatoms. The predicted octanol–water partition coefficient (Wildman–Crippen LogP) is 5.16. The molecule has 2 amide bonds. The summed E-state index contributed by atoms with van der Waals surface area (Å²) >= 11 is 0. The highest BCUT2D eigenvalue weighted by molar-refractivity contribution is 7.92. The zero-order valence-electron chi connectivity index (χ0n) is 24.3. The second-order valence-electron chi connectivity index (χ2n) is 10.3. The number of halogens is 1. The van der Waals surface area contributed by atoms with Crippen LogP contribution in [0.15, 0.2) is 72.8 Å². The summed E-state index contributed by atoms with van der Waals surface area (Å²) in [6.45, 7) is 6.46. The highest BCUT2D eigenvalue weighted by atomic mass is 32.2. The van der Waals surface area contributed by atoms with Gasteiger partial charge in [0.15, 0.2) is 0 Å². The third-order valence-electron chi connectivity index (χ3n) is 7.08. The van der Waals surface area contributed by atoms with Crippen LogP contribution in [-0.4, -0.2) is 50.5 Å². The van der Waals surface area contributed by atoms with E-state index in [-0.39, 0.29) is 43.6 Å². The number of carbonyl (C=O) groups excluding carboxylic acids is 2. The average Bonchev–Trinajstić information content (AvgIpc) is 2.94. The van der Waals surface area contributed by atoms with Gasteiger partial charge in [0.25, 0.3) is 0 Å². The molecule has 1 unspecified atom stereocenters. The monoisotopic (exact) mass is 581 g/mol. The largest absolute Gasteiger partial charge is 0.354 e. The van der Waals surface area contributed by atoms with Crippen molar-refractivity contribution in [3.8, 4) is 0 Å². The summed E-state index contributed by atoms with van der Waals surface area (Å²) in [7, 11) is -3.60. The van der Waals surface area contributed by atoms with Crippen LogP contribution in [0.3, 0.4) is 0 Å². The molecule has 0 saturated heterocycles. The van der Waals surface area contributed by atoms with E-state index in [4.69, 9.17) is 0 Å². The van der Waals surface area contributed by atoms with E-state index in [1.807, 2.05) is 63.2 Å². The predicted molar refractivity (Wildman–Crippen MR) is 162 cm³/mol. The molecular weight excluding hydrogens is 541 g/mol. The van der Waals surface area contributed by atoms with Gasteiger partial charge in [0.05, 0.1) is 11.9 Å². The molecular formula is C32H40FN3O4S. The van der Waals surface area contributed by atoms with E-state index in [9.17, 15) is 22.4 Å². The maximum atomic E-state index is 13.8. The summed E-state index contributed by atoms with van der Waals surface area (Å²) in [6, 6.07) is 20.0. The Bertz CT molecular complexity index is 1410. The summed E-state index contributed by atoms with van der Waals surface area (Å²) in [5.74, 6) is -0.934. The molecule has 0 aliphatic heterocycles. The fraction of sp³-hybridized carbons (Fsp3) is 0.375. The lowest BCUT2D eigenvalue weighted by atomic mass is 10.0. The van der Waals surface area contributed by atoms with Crippen molar-refractivity contribution >= 4 is 27.5 Å². The molecule has 0 aliphatic carbocycles. The molecule has 0 radical (unpaired) electrons. The van der Waals surface area contributed by atoms with E-state index in [0.717, 1.165) is 29.4 Å². The molecule has 3 aromatic rings. The van der Waals surface area contributed by atoms with E-state index in [0.29, 0.717) is 24.2 Å². The minimum Gasteiger partial charge on any atom is -0.354 e. The molecule has 0 bridgehead atoms. The van der Waals surface area contributed by atoms with E-state index in [1.54, 1.807) is 18.2 Å². The number of nitrogens with zero attached hydrogens (tertiary/aromatic N) is 2. The highest BCUT2D eigenvalue weighted by Gasteiger charge is 2.30. The van der Waals surface area contributed by atoms with Crippen LogP contribution in [0.5, 0.6) is 0 Å². The van der Waals surface area contributed by atoms with Crippen molar-refractivity contribution in [1.82, 2.24) is 10.2 Å². The summed E-state index contributed by atoms with van der Waals surface area (Å²) in [5, 5.41) is 2.93. The van der Waals surface area contributed by atoms with Crippen molar-refractivity contribution < 1.29 is 22.4 Å². The first kappa shape index (κ1) is 31.8. The van der Waals surface area contributed by atoms with Gasteiger partial charge in [-0.3, -0.25) is 13.9 Å². The van der Waals surface area contributed by atoms with Gasteiger partial charge in [-0.05, 0) is 67.1 Å². The molecule has 1 N–H and O–H groups in total. The summed E-state index contributed by atoms with van der Waals surface area (Å²) in [6.07, 6.45) is 2.50. The normalized spacial score (nSPS) is 12.0. The Morgan fingerprint density at radius 2 is 1.61 bits per heavy atom. The first-order valence-corrected chi connectivity index (χ1v) is 15.8. The van der Waals surface area contributed by atoms with Crippen molar-refractivity contribution in [3.63, 3.8) is 0 Å². The lowest BCUT2D eigenvalue weighted by molar-refractivity contribution is -0.141. The van der Waals surface area contributed by atoms with Gasteiger partial charge in [-0.1, -0.05) is 61.5 Å². The number of benzene rings is 3. The number of rotatable bonds is 14. The minimum absolute atomic E-state index is 0.0322. The molecule has 0 aliphatic rings. The number of nitrogens with one attached hydrogen (secondary N) is 1.